The predicted molar refractivity (Wildman–Crippen MR) is 161 cm³/mol. The van der Waals surface area contributed by atoms with E-state index in [2.05, 4.69) is 25.1 Å². The first-order valence-electron chi connectivity index (χ1n) is 13.5. The lowest BCUT2D eigenvalue weighted by Gasteiger charge is -2.49. The Bertz CT molecular complexity index is 1610. The number of carboxylic acids is 2. The summed E-state index contributed by atoms with van der Waals surface area (Å²) in [6, 6.07) is -0.436. The Hall–Kier alpha value is -4.56. The number of carbonyl (C=O) groups is 5. The fraction of sp³-hybridized carbons (Fsp3) is 0.480. The molecule has 2 atom stereocenters. The van der Waals surface area contributed by atoms with Gasteiger partial charge in [-0.3, -0.25) is 14.5 Å². The number of Topliss-reactive ketones (excluding diaryl/α,β-unsaturated/α-hetero) is 1. The minimum absolute atomic E-state index is 0.0320. The van der Waals surface area contributed by atoms with E-state index in [1.165, 1.54) is 30.5 Å². The highest BCUT2D eigenvalue weighted by atomic mass is 32.2. The molecule has 45 heavy (non-hydrogen) atoms. The molecular weight excluding hydrogens is 632 g/mol. The zero-order valence-corrected chi connectivity index (χ0v) is 26.4. The van der Waals surface area contributed by atoms with Gasteiger partial charge in [0, 0.05) is 42.4 Å². The first-order chi connectivity index (χ1) is 21.2. The Morgan fingerprint density at radius 1 is 1.29 bits per heavy atom. The van der Waals surface area contributed by atoms with Gasteiger partial charge in [0.2, 0.25) is 23.5 Å². The number of hydrogen-bond donors (Lipinski definition) is 6. The van der Waals surface area contributed by atoms with Gasteiger partial charge in [0.25, 0.3) is 0 Å². The van der Waals surface area contributed by atoms with Crippen molar-refractivity contribution >= 4 is 69.5 Å². The van der Waals surface area contributed by atoms with Crippen LogP contribution in [0.25, 0.3) is 0 Å². The molecule has 1 saturated heterocycles. The average molecular weight is 666 g/mol. The number of aliphatic carboxylic acids is 2. The number of ketones is 1. The fourth-order valence-electron chi connectivity index (χ4n) is 4.50. The van der Waals surface area contributed by atoms with E-state index in [9.17, 15) is 34.2 Å². The second kappa shape index (κ2) is 13.2. The van der Waals surface area contributed by atoms with Crippen molar-refractivity contribution in [2.45, 2.75) is 44.7 Å². The number of β-lactam (4-membered cyclic amide) rings is 1. The smallest absolute Gasteiger partial charge is 0.352 e. The number of nitrogen functional groups attached to an aromatic ring is 1. The fourth-order valence-corrected chi connectivity index (χ4v) is 6.34. The summed E-state index contributed by atoms with van der Waals surface area (Å²) in [7, 11) is 1.75. The van der Waals surface area contributed by atoms with E-state index in [1.807, 2.05) is 0 Å². The van der Waals surface area contributed by atoms with Crippen LogP contribution in [0.2, 0.25) is 0 Å². The van der Waals surface area contributed by atoms with E-state index in [-0.39, 0.29) is 41.9 Å². The zero-order chi connectivity index (χ0) is 33.2. The Kier molecular flexibility index (Phi) is 9.78. The molecule has 242 valence electrons. The minimum Gasteiger partial charge on any atom is -0.478 e. The van der Waals surface area contributed by atoms with Gasteiger partial charge in [-0.25, -0.2) is 14.4 Å². The van der Waals surface area contributed by atoms with Crippen molar-refractivity contribution in [3.8, 4) is 0 Å². The number of nitrogens with zero attached hydrogens (tertiary/aromatic N) is 6. The van der Waals surface area contributed by atoms with Gasteiger partial charge in [0.05, 0.1) is 18.3 Å². The van der Waals surface area contributed by atoms with Gasteiger partial charge in [0.1, 0.15) is 17.1 Å². The average Bonchev–Trinajstić information content (AvgIpc) is 3.52. The summed E-state index contributed by atoms with van der Waals surface area (Å²) in [4.78, 5) is 72.9. The van der Waals surface area contributed by atoms with Crippen LogP contribution in [0.4, 0.5) is 15.6 Å². The predicted octanol–water partition coefficient (Wildman–Crippen LogP) is -0.752. The minimum atomic E-state index is -1.78. The maximum Gasteiger partial charge on any atom is 0.352 e. The summed E-state index contributed by atoms with van der Waals surface area (Å²) < 4.78 is 7.43. The lowest BCUT2D eigenvalue weighted by molar-refractivity contribution is -0.766. The summed E-state index contributed by atoms with van der Waals surface area (Å²) in [5.74, 6) is -4.73. The number of carbonyl (C=O) groups excluding carboxylic acids is 3. The second-order valence-corrected chi connectivity index (χ2v) is 12.5. The standard InChI is InChI=1S/C25H32N10O8S2/c1-11-14(29-24(42)28-6-5-26)9-34(33(11)4)8-12-10-44-20-13(19(37)35(20)17(12)21(38)39)7-15(36)16(18-30-23(27)45-32-18)31-43-25(2,3)22(40)41/h9,13,20H,5-8,10,26H2,1-4H3,(H5-,27,28,29,30,32,38,39,40,41,42)/p+1/b31-16+/t13-,20?/m1/s1. The van der Waals surface area contributed by atoms with E-state index < -0.39 is 52.3 Å². The number of amides is 3. The number of anilines is 2. The molecule has 0 aliphatic carbocycles. The largest absolute Gasteiger partial charge is 0.478 e. The van der Waals surface area contributed by atoms with Crippen LogP contribution in [0.15, 0.2) is 22.6 Å². The number of nitrogens with two attached hydrogens (primary N) is 2. The summed E-state index contributed by atoms with van der Waals surface area (Å²) in [5, 5.41) is 27.9. The van der Waals surface area contributed by atoms with Crippen molar-refractivity contribution in [1.29, 1.82) is 0 Å². The lowest BCUT2D eigenvalue weighted by Crippen LogP contribution is -2.62. The summed E-state index contributed by atoms with van der Waals surface area (Å²) in [6.45, 7) is 4.95. The van der Waals surface area contributed by atoms with Crippen LogP contribution in [0.1, 0.15) is 31.8 Å². The van der Waals surface area contributed by atoms with Crippen molar-refractivity contribution in [1.82, 2.24) is 24.3 Å². The van der Waals surface area contributed by atoms with E-state index in [1.54, 1.807) is 29.5 Å². The first-order valence-corrected chi connectivity index (χ1v) is 15.3. The molecule has 2 aromatic rings. The third-order valence-electron chi connectivity index (χ3n) is 7.13. The van der Waals surface area contributed by atoms with E-state index in [0.717, 1.165) is 11.5 Å². The molecule has 8 N–H and O–H groups in total. The van der Waals surface area contributed by atoms with Gasteiger partial charge < -0.3 is 37.2 Å². The number of hydrogen-bond acceptors (Lipinski definition) is 13. The van der Waals surface area contributed by atoms with Gasteiger partial charge in [-0.2, -0.15) is 14.0 Å². The van der Waals surface area contributed by atoms with Gasteiger partial charge in [0.15, 0.2) is 23.2 Å². The zero-order valence-electron chi connectivity index (χ0n) is 24.8. The molecular formula is C25H33N10O8S2+. The number of carboxylic acid groups (broad SMARTS) is 2. The monoisotopic (exact) mass is 665 g/mol. The molecule has 3 amide bonds. The van der Waals surface area contributed by atoms with E-state index >= 15 is 0 Å². The molecule has 0 bridgehead atoms. The molecule has 4 heterocycles. The highest BCUT2D eigenvalue weighted by Crippen LogP contribution is 2.45. The molecule has 1 unspecified atom stereocenters. The van der Waals surface area contributed by atoms with Crippen LogP contribution in [-0.4, -0.2) is 94.3 Å². The first kappa shape index (κ1) is 33.3. The van der Waals surface area contributed by atoms with Crippen molar-refractivity contribution in [3.05, 3.63) is 29.0 Å². The van der Waals surface area contributed by atoms with Gasteiger partial charge in [-0.05, 0) is 20.8 Å². The number of nitrogens with one attached hydrogen (secondary N) is 2. The van der Waals surface area contributed by atoms with E-state index in [0.29, 0.717) is 23.5 Å². The number of aromatic nitrogens is 4. The molecule has 18 nitrogen and oxygen atoms in total. The number of rotatable bonds is 13. The topological polar surface area (TPSA) is 261 Å². The molecule has 0 spiro atoms. The summed E-state index contributed by atoms with van der Waals surface area (Å²) in [6.07, 6.45) is 1.28. The Morgan fingerprint density at radius 2 is 2.00 bits per heavy atom. The van der Waals surface area contributed by atoms with Crippen LogP contribution in [0.3, 0.4) is 0 Å². The van der Waals surface area contributed by atoms with Gasteiger partial charge in [-0.15, -0.1) is 16.4 Å². The van der Waals surface area contributed by atoms with Crippen LogP contribution in [-0.2, 0) is 37.6 Å². The molecule has 4 rings (SSSR count). The summed E-state index contributed by atoms with van der Waals surface area (Å²) >= 11 is 2.09. The Balaban J connectivity index is 1.54. The number of thioether (sulfide) groups is 1. The van der Waals surface area contributed by atoms with Crippen molar-refractivity contribution in [3.63, 3.8) is 0 Å². The van der Waals surface area contributed by atoms with Crippen LogP contribution in [0.5, 0.6) is 0 Å². The molecule has 20 heteroatoms. The SMILES string of the molecule is Cc1c(NC(=O)NCCN)c[n+](CC2=C(C(=O)O)N3C(=O)[C@@H](CC(=O)/C(=N\OC(C)(C)C(=O)O)c4nsc(N)n4)C3SC2)n1C. The third-order valence-corrected chi connectivity index (χ3v) is 9.07. The second-order valence-electron chi connectivity index (χ2n) is 10.6. The molecule has 2 aliphatic heterocycles. The number of urea groups is 1. The number of oxime groups is 1. The Labute approximate surface area is 264 Å². The van der Waals surface area contributed by atoms with Crippen LogP contribution >= 0.6 is 23.3 Å². The van der Waals surface area contributed by atoms with Crippen LogP contribution < -0.4 is 26.8 Å². The normalized spacial score (nSPS) is 18.3. The number of fused-ring (bicyclic) bond motifs is 1. The molecule has 1 fully saturated rings. The molecule has 0 radical (unpaired) electrons. The molecule has 0 saturated carbocycles. The molecule has 2 aromatic heterocycles. The van der Waals surface area contributed by atoms with Crippen molar-refractivity contribution in [2.75, 3.05) is 29.9 Å². The molecule has 2 aliphatic rings. The highest BCUT2D eigenvalue weighted by molar-refractivity contribution is 8.00. The lowest BCUT2D eigenvalue weighted by atomic mass is 9.89. The van der Waals surface area contributed by atoms with Gasteiger partial charge in [-0.1, -0.05) is 5.16 Å². The maximum atomic E-state index is 13.4. The molecule has 0 aromatic carbocycles. The van der Waals surface area contributed by atoms with Crippen molar-refractivity contribution < 1.29 is 43.7 Å². The third kappa shape index (κ3) is 6.91. The Morgan fingerprint density at radius 3 is 2.60 bits per heavy atom. The quantitative estimate of drug-likeness (QED) is 0.0667. The summed E-state index contributed by atoms with van der Waals surface area (Å²) in [5.41, 5.74) is 10.4. The van der Waals surface area contributed by atoms with Crippen molar-refractivity contribution in [2.24, 2.45) is 23.9 Å². The van der Waals surface area contributed by atoms with E-state index in [4.69, 9.17) is 16.3 Å². The van der Waals surface area contributed by atoms with Crippen LogP contribution in [0, 0.1) is 12.8 Å². The van der Waals surface area contributed by atoms with Gasteiger partial charge >= 0.3 is 18.0 Å². The highest BCUT2D eigenvalue weighted by Gasteiger charge is 2.54. The maximum absolute atomic E-state index is 13.4.